The van der Waals surface area contributed by atoms with Gasteiger partial charge in [0.1, 0.15) is 5.92 Å². The summed E-state index contributed by atoms with van der Waals surface area (Å²) in [7, 11) is 0. The fourth-order valence-electron chi connectivity index (χ4n) is 2.06. The number of carbonyl (C=O) groups excluding carboxylic acids is 1. The van der Waals surface area contributed by atoms with Gasteiger partial charge in [0.25, 0.3) is 0 Å². The molecule has 0 unspecified atom stereocenters. The Hall–Kier alpha value is -1.63. The summed E-state index contributed by atoms with van der Waals surface area (Å²) in [5, 5.41) is 10.4. The number of carbonyl (C=O) groups is 1. The minimum atomic E-state index is -0.271. The maximum absolute atomic E-state index is 11.8. The summed E-state index contributed by atoms with van der Waals surface area (Å²) < 4.78 is 5.07. The fourth-order valence-corrected chi connectivity index (χ4v) is 3.14. The predicted molar refractivity (Wildman–Crippen MR) is 70.0 cm³/mol. The van der Waals surface area contributed by atoms with Crippen molar-refractivity contribution in [3.05, 3.63) is 10.6 Å². The molecule has 0 fully saturated rings. The summed E-state index contributed by atoms with van der Waals surface area (Å²) in [6, 6.07) is 0. The van der Waals surface area contributed by atoms with Gasteiger partial charge in [-0.2, -0.15) is 0 Å². The molecule has 0 saturated carbocycles. The molecular formula is C11H16N4O2S. The number of aryl methyl sites for hydroxylation is 1. The van der Waals surface area contributed by atoms with Crippen LogP contribution in [0.3, 0.4) is 0 Å². The average Bonchev–Trinajstić information content (AvgIpc) is 2.69. The number of nitrogens with one attached hydrogen (secondary N) is 2. The van der Waals surface area contributed by atoms with Crippen molar-refractivity contribution in [2.45, 2.75) is 32.1 Å². The topological polar surface area (TPSA) is 101 Å². The summed E-state index contributed by atoms with van der Waals surface area (Å²) in [4.78, 5) is 17.3. The van der Waals surface area contributed by atoms with Gasteiger partial charge in [0, 0.05) is 4.88 Å². The molecular weight excluding hydrogens is 252 g/mol. The van der Waals surface area contributed by atoms with Crippen molar-refractivity contribution in [1.29, 1.82) is 5.41 Å². The smallest absolute Gasteiger partial charge is 0.315 e. The van der Waals surface area contributed by atoms with Crippen molar-refractivity contribution in [2.75, 3.05) is 11.9 Å². The van der Waals surface area contributed by atoms with E-state index in [2.05, 4.69) is 10.3 Å². The van der Waals surface area contributed by atoms with Crippen LogP contribution in [0.2, 0.25) is 0 Å². The Morgan fingerprint density at radius 3 is 3.17 bits per heavy atom. The molecule has 2 rings (SSSR count). The van der Waals surface area contributed by atoms with Crippen LogP contribution >= 0.6 is 11.3 Å². The molecule has 4 N–H and O–H groups in total. The standard InChI is InChI=1S/C11H16N4O2S/c1-2-17-9(16)6-4-3-5-7-8(6)14-11(18-7)15-10(12)13/h6H,2-5H2,1H3,(H4,12,13,14,15)/t6-/m0/s1. The molecule has 6 nitrogen and oxygen atoms in total. The molecule has 0 saturated heterocycles. The zero-order valence-corrected chi connectivity index (χ0v) is 11.0. The number of thiazole rings is 1. The summed E-state index contributed by atoms with van der Waals surface area (Å²) in [6.07, 6.45) is 2.65. The van der Waals surface area contributed by atoms with Gasteiger partial charge in [0.15, 0.2) is 11.1 Å². The molecule has 1 aromatic rings. The third-order valence-corrected chi connectivity index (χ3v) is 3.81. The number of hydrogen-bond acceptors (Lipinski definition) is 5. The first-order chi connectivity index (χ1) is 8.61. The Kier molecular flexibility index (Phi) is 3.81. The van der Waals surface area contributed by atoms with E-state index in [-0.39, 0.29) is 17.8 Å². The van der Waals surface area contributed by atoms with Gasteiger partial charge in [-0.15, -0.1) is 11.3 Å². The summed E-state index contributed by atoms with van der Waals surface area (Å²) in [5.41, 5.74) is 6.06. The summed E-state index contributed by atoms with van der Waals surface area (Å²) in [6.45, 7) is 2.18. The highest BCUT2D eigenvalue weighted by molar-refractivity contribution is 7.15. The van der Waals surface area contributed by atoms with Gasteiger partial charge in [-0.25, -0.2) is 4.98 Å². The van der Waals surface area contributed by atoms with Crippen molar-refractivity contribution in [2.24, 2.45) is 5.73 Å². The van der Waals surface area contributed by atoms with Crippen LogP contribution in [0.1, 0.15) is 36.3 Å². The third kappa shape index (κ3) is 2.61. The van der Waals surface area contributed by atoms with Gasteiger partial charge >= 0.3 is 5.97 Å². The Morgan fingerprint density at radius 2 is 2.50 bits per heavy atom. The molecule has 0 radical (unpaired) electrons. The molecule has 98 valence electrons. The normalized spacial score (nSPS) is 17.9. The van der Waals surface area contributed by atoms with Gasteiger partial charge in [-0.1, -0.05) is 0 Å². The summed E-state index contributed by atoms with van der Waals surface area (Å²) >= 11 is 1.45. The predicted octanol–water partition coefficient (Wildman–Crippen LogP) is 1.43. The maximum Gasteiger partial charge on any atom is 0.315 e. The number of nitrogens with two attached hydrogens (primary N) is 1. The second kappa shape index (κ2) is 5.34. The van der Waals surface area contributed by atoms with Gasteiger partial charge < -0.3 is 15.8 Å². The quantitative estimate of drug-likeness (QED) is 0.437. The molecule has 1 aliphatic carbocycles. The van der Waals surface area contributed by atoms with Crippen molar-refractivity contribution in [3.63, 3.8) is 0 Å². The second-order valence-corrected chi connectivity index (χ2v) is 5.15. The van der Waals surface area contributed by atoms with Gasteiger partial charge in [0.2, 0.25) is 0 Å². The van der Waals surface area contributed by atoms with E-state index < -0.39 is 0 Å². The number of ether oxygens (including phenoxy) is 1. The van der Waals surface area contributed by atoms with Gasteiger partial charge in [0.05, 0.1) is 12.3 Å². The Balaban J connectivity index is 2.23. The van der Waals surface area contributed by atoms with Crippen LogP contribution in [0.15, 0.2) is 0 Å². The van der Waals surface area contributed by atoms with Crippen LogP contribution in [0, 0.1) is 5.41 Å². The van der Waals surface area contributed by atoms with Crippen molar-refractivity contribution >= 4 is 28.4 Å². The number of anilines is 1. The minimum Gasteiger partial charge on any atom is -0.465 e. The summed E-state index contributed by atoms with van der Waals surface area (Å²) in [5.74, 6) is -0.626. The molecule has 0 aromatic carbocycles. The first-order valence-corrected chi connectivity index (χ1v) is 6.70. The molecule has 1 aromatic heterocycles. The Bertz CT molecular complexity index is 472. The van der Waals surface area contributed by atoms with Crippen molar-refractivity contribution < 1.29 is 9.53 Å². The lowest BCUT2D eigenvalue weighted by molar-refractivity contribution is -0.145. The molecule has 18 heavy (non-hydrogen) atoms. The number of guanidine groups is 1. The molecule has 1 aliphatic rings. The Labute approximate surface area is 109 Å². The van der Waals surface area contributed by atoms with E-state index in [4.69, 9.17) is 15.9 Å². The maximum atomic E-state index is 11.8. The van der Waals surface area contributed by atoms with E-state index in [0.29, 0.717) is 11.7 Å². The molecule has 7 heteroatoms. The number of aromatic nitrogens is 1. The monoisotopic (exact) mass is 268 g/mol. The number of hydrogen-bond donors (Lipinski definition) is 3. The molecule has 1 heterocycles. The SMILES string of the molecule is CCOC(=O)[C@H]1CCCc2sc(NC(=N)N)nc21. The first kappa shape index (κ1) is 12.8. The molecule has 0 spiro atoms. The number of esters is 1. The lowest BCUT2D eigenvalue weighted by Crippen LogP contribution is -2.21. The molecule has 0 aliphatic heterocycles. The number of nitrogens with zero attached hydrogens (tertiary/aromatic N) is 1. The van der Waals surface area contributed by atoms with E-state index in [1.54, 1.807) is 6.92 Å². The average molecular weight is 268 g/mol. The van der Waals surface area contributed by atoms with Crippen molar-refractivity contribution in [3.8, 4) is 0 Å². The first-order valence-electron chi connectivity index (χ1n) is 5.89. The number of fused-ring (bicyclic) bond motifs is 1. The number of rotatable bonds is 3. The fraction of sp³-hybridized carbons (Fsp3) is 0.545. The second-order valence-electron chi connectivity index (χ2n) is 4.06. The van der Waals surface area contributed by atoms with E-state index >= 15 is 0 Å². The minimum absolute atomic E-state index is 0.145. The molecule has 1 atom stereocenters. The largest absolute Gasteiger partial charge is 0.465 e. The van der Waals surface area contributed by atoms with E-state index in [1.165, 1.54) is 11.3 Å². The molecule has 0 amide bonds. The highest BCUT2D eigenvalue weighted by Gasteiger charge is 2.31. The lowest BCUT2D eigenvalue weighted by Gasteiger charge is -2.18. The van der Waals surface area contributed by atoms with Crippen LogP contribution in [0.4, 0.5) is 5.13 Å². The lowest BCUT2D eigenvalue weighted by atomic mass is 9.91. The zero-order chi connectivity index (χ0) is 13.1. The zero-order valence-electron chi connectivity index (χ0n) is 10.2. The van der Waals surface area contributed by atoms with Crippen LogP contribution in [0.25, 0.3) is 0 Å². The van der Waals surface area contributed by atoms with E-state index in [1.807, 2.05) is 0 Å². The van der Waals surface area contributed by atoms with Gasteiger partial charge in [-0.05, 0) is 26.2 Å². The van der Waals surface area contributed by atoms with Crippen LogP contribution in [0.5, 0.6) is 0 Å². The molecule has 0 bridgehead atoms. The highest BCUT2D eigenvalue weighted by atomic mass is 32.1. The third-order valence-electron chi connectivity index (χ3n) is 2.77. The Morgan fingerprint density at radius 1 is 1.72 bits per heavy atom. The van der Waals surface area contributed by atoms with E-state index in [0.717, 1.165) is 29.8 Å². The van der Waals surface area contributed by atoms with Crippen LogP contribution in [-0.4, -0.2) is 23.5 Å². The van der Waals surface area contributed by atoms with Crippen LogP contribution in [-0.2, 0) is 16.0 Å². The van der Waals surface area contributed by atoms with Gasteiger partial charge in [-0.3, -0.25) is 10.2 Å². The van der Waals surface area contributed by atoms with Crippen molar-refractivity contribution in [1.82, 2.24) is 4.98 Å². The van der Waals surface area contributed by atoms with Crippen LogP contribution < -0.4 is 11.1 Å². The highest BCUT2D eigenvalue weighted by Crippen LogP contribution is 2.37. The van der Waals surface area contributed by atoms with E-state index in [9.17, 15) is 4.79 Å².